The van der Waals surface area contributed by atoms with Gasteiger partial charge in [0.1, 0.15) is 5.82 Å². The van der Waals surface area contributed by atoms with E-state index in [4.69, 9.17) is 0 Å². The molecule has 2 fully saturated rings. The Balaban J connectivity index is 1.87. The van der Waals surface area contributed by atoms with Crippen molar-refractivity contribution in [1.29, 1.82) is 0 Å². The summed E-state index contributed by atoms with van der Waals surface area (Å²) < 4.78 is 13.4. The summed E-state index contributed by atoms with van der Waals surface area (Å²) in [4.78, 5) is 0. The van der Waals surface area contributed by atoms with Crippen LogP contribution < -0.4 is 5.32 Å². The summed E-state index contributed by atoms with van der Waals surface area (Å²) in [5.41, 5.74) is 1.63. The second-order valence-corrected chi connectivity index (χ2v) is 6.64. The van der Waals surface area contributed by atoms with Crippen molar-refractivity contribution >= 4 is 0 Å². The zero-order valence-electron chi connectivity index (χ0n) is 11.3. The summed E-state index contributed by atoms with van der Waals surface area (Å²) >= 11 is 0. The van der Waals surface area contributed by atoms with Crippen LogP contribution in [0.1, 0.15) is 51.5 Å². The van der Waals surface area contributed by atoms with Gasteiger partial charge in [0, 0.05) is 17.0 Å². The monoisotopic (exact) mass is 247 g/mol. The van der Waals surface area contributed by atoms with Crippen molar-refractivity contribution in [2.75, 3.05) is 0 Å². The van der Waals surface area contributed by atoms with E-state index < -0.39 is 0 Å². The molecule has 1 heterocycles. The third kappa shape index (κ3) is 2.07. The van der Waals surface area contributed by atoms with E-state index in [2.05, 4.69) is 25.2 Å². The first kappa shape index (κ1) is 12.2. The fourth-order valence-electron chi connectivity index (χ4n) is 3.55. The number of hydrogen-bond acceptors (Lipinski definition) is 1. The minimum absolute atomic E-state index is 0.103. The fourth-order valence-corrected chi connectivity index (χ4v) is 3.55. The number of hydrogen-bond donors (Lipinski definition) is 1. The van der Waals surface area contributed by atoms with Crippen molar-refractivity contribution in [1.82, 2.24) is 5.32 Å². The quantitative estimate of drug-likeness (QED) is 0.838. The van der Waals surface area contributed by atoms with Gasteiger partial charge in [0.05, 0.1) is 0 Å². The first-order valence-corrected chi connectivity index (χ1v) is 7.06. The highest BCUT2D eigenvalue weighted by molar-refractivity contribution is 5.35. The zero-order chi connectivity index (χ0) is 12.8. The summed E-state index contributed by atoms with van der Waals surface area (Å²) in [6, 6.07) is 7.73. The van der Waals surface area contributed by atoms with Crippen LogP contribution >= 0.6 is 0 Å². The Morgan fingerprint density at radius 2 is 2.00 bits per heavy atom. The summed E-state index contributed by atoms with van der Waals surface area (Å²) in [6.45, 7) is 4.56. The van der Waals surface area contributed by atoms with Gasteiger partial charge in [0.15, 0.2) is 0 Å². The Hall–Kier alpha value is -0.890. The molecule has 0 radical (unpaired) electrons. The SMILES string of the molecule is CC1(C)CCC[C@@H](C2(c3cccc(F)c3)CC2)N1. The van der Waals surface area contributed by atoms with E-state index in [9.17, 15) is 4.39 Å². The van der Waals surface area contributed by atoms with E-state index in [-0.39, 0.29) is 16.8 Å². The van der Waals surface area contributed by atoms with Crippen molar-refractivity contribution in [3.63, 3.8) is 0 Å². The summed E-state index contributed by atoms with van der Waals surface area (Å²) in [7, 11) is 0. The largest absolute Gasteiger partial charge is 0.308 e. The van der Waals surface area contributed by atoms with Gasteiger partial charge in [-0.2, -0.15) is 0 Å². The Kier molecular flexibility index (Phi) is 2.74. The molecule has 0 unspecified atom stereocenters. The van der Waals surface area contributed by atoms with Gasteiger partial charge in [-0.05, 0) is 57.2 Å². The average molecular weight is 247 g/mol. The molecule has 98 valence electrons. The Morgan fingerprint density at radius 1 is 1.22 bits per heavy atom. The van der Waals surface area contributed by atoms with Crippen molar-refractivity contribution in [3.05, 3.63) is 35.6 Å². The van der Waals surface area contributed by atoms with Crippen LogP contribution in [-0.2, 0) is 5.41 Å². The predicted molar refractivity (Wildman–Crippen MR) is 72.2 cm³/mol. The molecule has 1 N–H and O–H groups in total. The summed E-state index contributed by atoms with van der Waals surface area (Å²) in [6.07, 6.45) is 6.14. The van der Waals surface area contributed by atoms with Gasteiger partial charge in [-0.3, -0.25) is 0 Å². The second-order valence-electron chi connectivity index (χ2n) is 6.64. The lowest BCUT2D eigenvalue weighted by Crippen LogP contribution is -2.54. The highest BCUT2D eigenvalue weighted by atomic mass is 19.1. The molecule has 0 amide bonds. The molecule has 1 saturated heterocycles. The lowest BCUT2D eigenvalue weighted by molar-refractivity contribution is 0.212. The van der Waals surface area contributed by atoms with Crippen LogP contribution in [0.15, 0.2) is 24.3 Å². The van der Waals surface area contributed by atoms with Gasteiger partial charge in [-0.1, -0.05) is 18.6 Å². The van der Waals surface area contributed by atoms with Crippen LogP contribution in [0.2, 0.25) is 0 Å². The molecule has 0 aromatic heterocycles. The second kappa shape index (κ2) is 4.06. The molecular weight excluding hydrogens is 225 g/mol. The maximum absolute atomic E-state index is 13.4. The van der Waals surface area contributed by atoms with Crippen molar-refractivity contribution in [2.45, 2.75) is 62.9 Å². The highest BCUT2D eigenvalue weighted by Gasteiger charge is 2.52. The number of benzene rings is 1. The molecule has 3 rings (SSSR count). The molecule has 1 aromatic rings. The molecule has 1 atom stereocenters. The van der Waals surface area contributed by atoms with E-state index in [1.165, 1.54) is 43.7 Å². The molecule has 1 nitrogen and oxygen atoms in total. The Bertz CT molecular complexity index is 448. The third-order valence-electron chi connectivity index (χ3n) is 4.71. The van der Waals surface area contributed by atoms with Crippen LogP contribution in [0.25, 0.3) is 0 Å². The Labute approximate surface area is 109 Å². The maximum Gasteiger partial charge on any atom is 0.123 e. The standard InChI is InChI=1S/C16H22FN/c1-15(2)8-4-7-14(18-15)16(9-10-16)12-5-3-6-13(17)11-12/h3,5-6,11,14,18H,4,7-10H2,1-2H3/t14-/m0/s1. The number of nitrogens with one attached hydrogen (secondary N) is 1. The zero-order valence-corrected chi connectivity index (χ0v) is 11.3. The number of rotatable bonds is 2. The van der Waals surface area contributed by atoms with E-state index in [1.807, 2.05) is 6.07 Å². The molecule has 1 aliphatic carbocycles. The molecule has 1 aromatic carbocycles. The lowest BCUT2D eigenvalue weighted by Gasteiger charge is -2.41. The Morgan fingerprint density at radius 3 is 2.61 bits per heavy atom. The molecule has 0 spiro atoms. The third-order valence-corrected chi connectivity index (χ3v) is 4.71. The predicted octanol–water partition coefficient (Wildman–Crippen LogP) is 3.78. The maximum atomic E-state index is 13.4. The van der Waals surface area contributed by atoms with Crippen LogP contribution in [0.4, 0.5) is 4.39 Å². The van der Waals surface area contributed by atoms with Gasteiger partial charge in [-0.25, -0.2) is 4.39 Å². The fraction of sp³-hybridized carbons (Fsp3) is 0.625. The molecule has 2 aliphatic rings. The van der Waals surface area contributed by atoms with E-state index in [0.717, 1.165) is 0 Å². The van der Waals surface area contributed by atoms with Crippen molar-refractivity contribution < 1.29 is 4.39 Å². The summed E-state index contributed by atoms with van der Waals surface area (Å²) in [5.74, 6) is -0.103. The number of halogens is 1. The lowest BCUT2D eigenvalue weighted by atomic mass is 9.79. The first-order chi connectivity index (χ1) is 8.52. The van der Waals surface area contributed by atoms with Gasteiger partial charge in [0.25, 0.3) is 0 Å². The van der Waals surface area contributed by atoms with Gasteiger partial charge in [-0.15, -0.1) is 0 Å². The normalized spacial score (nSPS) is 28.9. The van der Waals surface area contributed by atoms with E-state index in [0.29, 0.717) is 6.04 Å². The van der Waals surface area contributed by atoms with E-state index in [1.54, 1.807) is 6.07 Å². The van der Waals surface area contributed by atoms with Gasteiger partial charge < -0.3 is 5.32 Å². The van der Waals surface area contributed by atoms with Gasteiger partial charge in [0.2, 0.25) is 0 Å². The van der Waals surface area contributed by atoms with Crippen molar-refractivity contribution in [2.24, 2.45) is 0 Å². The molecular formula is C16H22FN. The first-order valence-electron chi connectivity index (χ1n) is 7.06. The van der Waals surface area contributed by atoms with Gasteiger partial charge >= 0.3 is 0 Å². The minimum Gasteiger partial charge on any atom is -0.308 e. The van der Waals surface area contributed by atoms with Crippen LogP contribution in [0.5, 0.6) is 0 Å². The van der Waals surface area contributed by atoms with E-state index >= 15 is 0 Å². The molecule has 2 heteroatoms. The molecule has 1 aliphatic heterocycles. The average Bonchev–Trinajstić information content (AvgIpc) is 3.09. The van der Waals surface area contributed by atoms with Crippen molar-refractivity contribution in [3.8, 4) is 0 Å². The van der Waals surface area contributed by atoms with Crippen LogP contribution in [-0.4, -0.2) is 11.6 Å². The molecule has 1 saturated carbocycles. The molecule has 0 bridgehead atoms. The van der Waals surface area contributed by atoms with Crippen LogP contribution in [0.3, 0.4) is 0 Å². The minimum atomic E-state index is -0.103. The highest BCUT2D eigenvalue weighted by Crippen LogP contribution is 2.53. The molecule has 18 heavy (non-hydrogen) atoms. The number of piperidine rings is 1. The topological polar surface area (TPSA) is 12.0 Å². The summed E-state index contributed by atoms with van der Waals surface area (Å²) in [5, 5.41) is 3.79. The smallest absolute Gasteiger partial charge is 0.123 e. The van der Waals surface area contributed by atoms with Crippen LogP contribution in [0, 0.1) is 5.82 Å².